The minimum Gasteiger partial charge on any atom is -0.473 e. The van der Waals surface area contributed by atoms with Gasteiger partial charge in [0.25, 0.3) is 0 Å². The van der Waals surface area contributed by atoms with Gasteiger partial charge in [-0.2, -0.15) is 0 Å². The topological polar surface area (TPSA) is 43.4 Å². The maximum Gasteiger partial charge on any atom is 0.573 e. The van der Waals surface area contributed by atoms with Crippen LogP contribution < -0.4 is 14.8 Å². The van der Waals surface area contributed by atoms with Crippen molar-refractivity contribution in [2.75, 3.05) is 12.4 Å². The van der Waals surface area contributed by atoms with Crippen LogP contribution in [-0.4, -0.2) is 18.4 Å². The van der Waals surface area contributed by atoms with Crippen LogP contribution in [0.4, 0.5) is 18.9 Å². The summed E-state index contributed by atoms with van der Waals surface area (Å²) >= 11 is 0. The van der Waals surface area contributed by atoms with E-state index in [1.54, 1.807) is 31.3 Å². The van der Waals surface area contributed by atoms with Crippen molar-refractivity contribution < 1.29 is 22.6 Å². The number of alkyl halides is 3. The van der Waals surface area contributed by atoms with Gasteiger partial charge >= 0.3 is 6.36 Å². The monoisotopic (exact) mass is 298 g/mol. The normalized spacial score (nSPS) is 11.0. The fourth-order valence-corrected chi connectivity index (χ4v) is 1.75. The van der Waals surface area contributed by atoms with Crippen LogP contribution in [0.1, 0.15) is 5.56 Å². The summed E-state index contributed by atoms with van der Waals surface area (Å²) in [6.45, 7) is -0.0978. The molecule has 1 heterocycles. The quantitative estimate of drug-likeness (QED) is 0.916. The van der Waals surface area contributed by atoms with E-state index in [4.69, 9.17) is 4.74 Å². The van der Waals surface area contributed by atoms with Gasteiger partial charge in [-0.1, -0.05) is 12.1 Å². The van der Waals surface area contributed by atoms with Crippen LogP contribution in [-0.2, 0) is 6.61 Å². The maximum atomic E-state index is 12.4. The molecule has 0 unspecified atom stereocenters. The first-order valence-corrected chi connectivity index (χ1v) is 6.09. The number of rotatable bonds is 5. The van der Waals surface area contributed by atoms with Crippen molar-refractivity contribution in [2.45, 2.75) is 13.0 Å². The SMILES string of the molecule is CNc1cccc(OC(F)(F)F)c1COc1ccccn1. The Balaban J connectivity index is 2.23. The lowest BCUT2D eigenvalue weighted by Gasteiger charge is -2.16. The molecule has 0 aliphatic carbocycles. The molecule has 2 aromatic rings. The second-order valence-corrected chi connectivity index (χ2v) is 4.04. The third kappa shape index (κ3) is 4.27. The first-order valence-electron chi connectivity index (χ1n) is 6.09. The van der Waals surface area contributed by atoms with Gasteiger partial charge in [-0.3, -0.25) is 0 Å². The van der Waals surface area contributed by atoms with Crippen molar-refractivity contribution in [1.82, 2.24) is 4.98 Å². The lowest BCUT2D eigenvalue weighted by Crippen LogP contribution is -2.19. The molecule has 0 amide bonds. The Morgan fingerprint density at radius 3 is 2.57 bits per heavy atom. The molecule has 4 nitrogen and oxygen atoms in total. The van der Waals surface area contributed by atoms with Gasteiger partial charge in [0.2, 0.25) is 5.88 Å². The summed E-state index contributed by atoms with van der Waals surface area (Å²) in [5, 5.41) is 2.81. The van der Waals surface area contributed by atoms with Gasteiger partial charge in [-0.05, 0) is 18.2 Å². The molecule has 0 aliphatic heterocycles. The van der Waals surface area contributed by atoms with Gasteiger partial charge in [-0.15, -0.1) is 13.2 Å². The Morgan fingerprint density at radius 1 is 1.14 bits per heavy atom. The zero-order chi connectivity index (χ0) is 15.3. The predicted octanol–water partition coefficient (Wildman–Crippen LogP) is 3.60. The number of pyridine rings is 1. The number of ether oxygens (including phenoxy) is 2. The fraction of sp³-hybridized carbons (Fsp3) is 0.214. The number of halogens is 3. The van der Waals surface area contributed by atoms with Crippen LogP contribution in [0, 0.1) is 0 Å². The molecule has 1 N–H and O–H groups in total. The van der Waals surface area contributed by atoms with Crippen LogP contribution in [0.2, 0.25) is 0 Å². The summed E-state index contributed by atoms with van der Waals surface area (Å²) in [4.78, 5) is 3.95. The van der Waals surface area contributed by atoms with Gasteiger partial charge in [0, 0.05) is 25.0 Å². The zero-order valence-corrected chi connectivity index (χ0v) is 11.1. The molecule has 0 atom stereocenters. The number of hydrogen-bond acceptors (Lipinski definition) is 4. The van der Waals surface area contributed by atoms with E-state index in [0.29, 0.717) is 11.6 Å². The minimum atomic E-state index is -4.76. The number of nitrogens with zero attached hydrogens (tertiary/aromatic N) is 1. The lowest BCUT2D eigenvalue weighted by atomic mass is 10.1. The average Bonchev–Trinajstić information content (AvgIpc) is 2.45. The van der Waals surface area contributed by atoms with Crippen LogP contribution in [0.15, 0.2) is 42.6 Å². The van der Waals surface area contributed by atoms with Crippen molar-refractivity contribution in [3.8, 4) is 11.6 Å². The molecule has 0 radical (unpaired) electrons. The van der Waals surface area contributed by atoms with Gasteiger partial charge in [0.05, 0.1) is 5.56 Å². The van der Waals surface area contributed by atoms with E-state index in [0.717, 1.165) is 0 Å². The van der Waals surface area contributed by atoms with Gasteiger partial charge in [0.1, 0.15) is 12.4 Å². The van der Waals surface area contributed by atoms with E-state index in [1.807, 2.05) is 0 Å². The molecule has 21 heavy (non-hydrogen) atoms. The summed E-state index contributed by atoms with van der Waals surface area (Å²) in [5.74, 6) is 0.0200. The largest absolute Gasteiger partial charge is 0.573 e. The van der Waals surface area contributed by atoms with E-state index in [2.05, 4.69) is 15.0 Å². The Hall–Kier alpha value is -2.44. The maximum absolute atomic E-state index is 12.4. The summed E-state index contributed by atoms with van der Waals surface area (Å²) in [6, 6.07) is 9.40. The molecule has 1 aromatic heterocycles. The Morgan fingerprint density at radius 2 is 1.95 bits per heavy atom. The first kappa shape index (κ1) is 15.0. The van der Waals surface area contributed by atoms with E-state index >= 15 is 0 Å². The molecule has 0 aliphatic rings. The van der Waals surface area contributed by atoms with Crippen molar-refractivity contribution in [3.63, 3.8) is 0 Å². The molecule has 7 heteroatoms. The molecule has 0 spiro atoms. The predicted molar refractivity (Wildman–Crippen MR) is 71.2 cm³/mol. The third-order valence-electron chi connectivity index (χ3n) is 2.63. The van der Waals surface area contributed by atoms with E-state index < -0.39 is 6.36 Å². The van der Waals surface area contributed by atoms with E-state index in [9.17, 15) is 13.2 Å². The molecule has 2 rings (SSSR count). The third-order valence-corrected chi connectivity index (χ3v) is 2.63. The molecule has 0 fully saturated rings. The number of hydrogen-bond donors (Lipinski definition) is 1. The summed E-state index contributed by atoms with van der Waals surface area (Å²) in [5.41, 5.74) is 0.760. The second-order valence-electron chi connectivity index (χ2n) is 4.04. The number of anilines is 1. The molecule has 1 aromatic carbocycles. The highest BCUT2D eigenvalue weighted by atomic mass is 19.4. The van der Waals surface area contributed by atoms with Crippen molar-refractivity contribution in [3.05, 3.63) is 48.2 Å². The van der Waals surface area contributed by atoms with E-state index in [-0.39, 0.29) is 17.9 Å². The number of aromatic nitrogens is 1. The van der Waals surface area contributed by atoms with Crippen molar-refractivity contribution in [1.29, 1.82) is 0 Å². The standard InChI is InChI=1S/C14H13F3N2O2/c1-18-11-5-4-6-12(21-14(15,16)17)10(11)9-20-13-7-2-3-8-19-13/h2-8,18H,9H2,1H3. The lowest BCUT2D eigenvalue weighted by molar-refractivity contribution is -0.275. The van der Waals surface area contributed by atoms with Crippen molar-refractivity contribution in [2.24, 2.45) is 0 Å². The number of nitrogens with one attached hydrogen (secondary N) is 1. The van der Waals surface area contributed by atoms with Crippen molar-refractivity contribution >= 4 is 5.69 Å². The van der Waals surface area contributed by atoms with Crippen LogP contribution in [0.25, 0.3) is 0 Å². The molecule has 112 valence electrons. The molecular formula is C14H13F3N2O2. The highest BCUT2D eigenvalue weighted by Crippen LogP contribution is 2.31. The fourth-order valence-electron chi connectivity index (χ4n) is 1.75. The zero-order valence-electron chi connectivity index (χ0n) is 11.1. The van der Waals surface area contributed by atoms with Gasteiger partial charge in [-0.25, -0.2) is 4.98 Å². The van der Waals surface area contributed by atoms with Gasteiger partial charge in [0.15, 0.2) is 0 Å². The highest BCUT2D eigenvalue weighted by Gasteiger charge is 2.32. The molecule has 0 bridgehead atoms. The van der Waals surface area contributed by atoms with Crippen LogP contribution in [0.3, 0.4) is 0 Å². The Kier molecular flexibility index (Phi) is 4.52. The first-order chi connectivity index (χ1) is 9.99. The van der Waals surface area contributed by atoms with E-state index in [1.165, 1.54) is 18.3 Å². The summed E-state index contributed by atoms with van der Waals surface area (Å²) < 4.78 is 46.7. The Bertz CT molecular complexity index is 589. The summed E-state index contributed by atoms with van der Waals surface area (Å²) in [6.07, 6.45) is -3.22. The molecular weight excluding hydrogens is 285 g/mol. The van der Waals surface area contributed by atoms with Crippen LogP contribution in [0.5, 0.6) is 11.6 Å². The average molecular weight is 298 g/mol. The molecule has 0 saturated heterocycles. The van der Waals surface area contributed by atoms with Crippen LogP contribution >= 0.6 is 0 Å². The highest BCUT2D eigenvalue weighted by molar-refractivity contribution is 5.57. The number of benzene rings is 1. The second kappa shape index (κ2) is 6.34. The Labute approximate surface area is 119 Å². The summed E-state index contributed by atoms with van der Waals surface area (Å²) in [7, 11) is 1.61. The van der Waals surface area contributed by atoms with Gasteiger partial charge < -0.3 is 14.8 Å². The smallest absolute Gasteiger partial charge is 0.473 e. The molecule has 0 saturated carbocycles. The minimum absolute atomic E-state index is 0.0978.